The molecule has 1 heterocycles. The highest BCUT2D eigenvalue weighted by Crippen LogP contribution is 2.28. The molecule has 0 unspecified atom stereocenters. The van der Waals surface area contributed by atoms with Gasteiger partial charge in [-0.15, -0.1) is 0 Å². The van der Waals surface area contributed by atoms with Gasteiger partial charge in [-0.25, -0.2) is 0 Å². The zero-order valence-corrected chi connectivity index (χ0v) is 14.3. The fourth-order valence-electron chi connectivity index (χ4n) is 3.15. The summed E-state index contributed by atoms with van der Waals surface area (Å²) in [6.45, 7) is 7.48. The topological polar surface area (TPSA) is 20.3 Å². The molecule has 0 aliphatic carbocycles. The van der Waals surface area contributed by atoms with Crippen LogP contribution in [-0.2, 0) is 23.1 Å². The van der Waals surface area contributed by atoms with E-state index in [0.717, 1.165) is 25.1 Å². The lowest BCUT2D eigenvalue weighted by Crippen LogP contribution is -2.29. The lowest BCUT2D eigenvalue weighted by Gasteiger charge is -2.19. The fourth-order valence-corrected chi connectivity index (χ4v) is 3.15. The molecule has 1 aliphatic heterocycles. The van der Waals surface area contributed by atoms with Gasteiger partial charge >= 0.3 is 0 Å². The summed E-state index contributed by atoms with van der Waals surface area (Å²) in [5.74, 6) is 0.231. The number of anilines is 1. The van der Waals surface area contributed by atoms with Gasteiger partial charge in [0.15, 0.2) is 0 Å². The van der Waals surface area contributed by atoms with Crippen LogP contribution in [0.15, 0.2) is 48.5 Å². The van der Waals surface area contributed by atoms with E-state index in [1.807, 2.05) is 17.0 Å². The second-order valence-corrected chi connectivity index (χ2v) is 7.37. The number of para-hydroxylation sites is 1. The van der Waals surface area contributed by atoms with E-state index in [4.69, 9.17) is 0 Å². The number of carbonyl (C=O) groups is 1. The third-order valence-electron chi connectivity index (χ3n) is 4.64. The molecule has 23 heavy (non-hydrogen) atoms. The molecule has 2 aromatic carbocycles. The Bertz CT molecular complexity index is 695. The maximum Gasteiger partial charge on any atom is 0.227 e. The number of amides is 1. The molecule has 0 N–H and O–H groups in total. The van der Waals surface area contributed by atoms with Gasteiger partial charge in [0.1, 0.15) is 0 Å². The summed E-state index contributed by atoms with van der Waals surface area (Å²) in [5, 5.41) is 0. The van der Waals surface area contributed by atoms with E-state index in [-0.39, 0.29) is 11.3 Å². The number of nitrogens with zero attached hydrogens (tertiary/aromatic N) is 1. The standard InChI is InChI=1S/C21H25NO/c1-21(2,3)18-11-8-16(9-12-18)10-13-20(23)22-15-14-17-6-4-5-7-19(17)22/h4-9,11-12H,10,13-15H2,1-3H3. The van der Waals surface area contributed by atoms with Gasteiger partial charge in [-0.2, -0.15) is 0 Å². The molecule has 0 aromatic heterocycles. The molecule has 0 saturated carbocycles. The van der Waals surface area contributed by atoms with Crippen LogP contribution in [0.1, 0.15) is 43.9 Å². The van der Waals surface area contributed by atoms with Crippen LogP contribution in [0.2, 0.25) is 0 Å². The van der Waals surface area contributed by atoms with Crippen LogP contribution >= 0.6 is 0 Å². The Kier molecular flexibility index (Phi) is 4.25. The lowest BCUT2D eigenvalue weighted by atomic mass is 9.86. The molecule has 2 aromatic rings. The average Bonchev–Trinajstić information content (AvgIpc) is 2.96. The van der Waals surface area contributed by atoms with Crippen molar-refractivity contribution < 1.29 is 4.79 Å². The predicted molar refractivity (Wildman–Crippen MR) is 96.0 cm³/mol. The molecule has 0 spiro atoms. The zero-order valence-electron chi connectivity index (χ0n) is 14.3. The summed E-state index contributed by atoms with van der Waals surface area (Å²) in [7, 11) is 0. The van der Waals surface area contributed by atoms with Gasteiger partial charge in [0.05, 0.1) is 0 Å². The highest BCUT2D eigenvalue weighted by atomic mass is 16.2. The molecule has 2 nitrogen and oxygen atoms in total. The number of carbonyl (C=O) groups excluding carboxylic acids is 1. The molecule has 0 atom stereocenters. The van der Waals surface area contributed by atoms with E-state index in [0.29, 0.717) is 6.42 Å². The second-order valence-electron chi connectivity index (χ2n) is 7.37. The fraction of sp³-hybridized carbons (Fsp3) is 0.381. The van der Waals surface area contributed by atoms with Crippen molar-refractivity contribution in [2.24, 2.45) is 0 Å². The van der Waals surface area contributed by atoms with Crippen LogP contribution in [0.4, 0.5) is 5.69 Å². The van der Waals surface area contributed by atoms with Gasteiger partial charge < -0.3 is 4.90 Å². The van der Waals surface area contributed by atoms with Crippen LogP contribution in [0, 0.1) is 0 Å². The van der Waals surface area contributed by atoms with Gasteiger partial charge in [0.2, 0.25) is 5.91 Å². The molecular weight excluding hydrogens is 282 g/mol. The molecule has 2 heteroatoms. The Balaban J connectivity index is 1.62. The van der Waals surface area contributed by atoms with Crippen molar-refractivity contribution in [1.29, 1.82) is 0 Å². The largest absolute Gasteiger partial charge is 0.312 e. The Labute approximate surface area is 139 Å². The SMILES string of the molecule is CC(C)(C)c1ccc(CCC(=O)N2CCc3ccccc32)cc1. The van der Waals surface area contributed by atoms with Gasteiger partial charge in [-0.1, -0.05) is 63.2 Å². The summed E-state index contributed by atoms with van der Waals surface area (Å²) >= 11 is 0. The van der Waals surface area contributed by atoms with Crippen molar-refractivity contribution in [1.82, 2.24) is 0 Å². The number of hydrogen-bond acceptors (Lipinski definition) is 1. The minimum absolute atomic E-state index is 0.174. The first-order valence-electron chi connectivity index (χ1n) is 8.43. The first kappa shape index (κ1) is 15.8. The van der Waals surface area contributed by atoms with Crippen molar-refractivity contribution in [3.8, 4) is 0 Å². The van der Waals surface area contributed by atoms with E-state index < -0.39 is 0 Å². The first-order chi connectivity index (χ1) is 10.9. The molecular formula is C21H25NO. The summed E-state index contributed by atoms with van der Waals surface area (Å²) in [4.78, 5) is 14.5. The third-order valence-corrected chi connectivity index (χ3v) is 4.64. The highest BCUT2D eigenvalue weighted by Gasteiger charge is 2.23. The minimum atomic E-state index is 0.174. The van der Waals surface area contributed by atoms with Crippen molar-refractivity contribution >= 4 is 11.6 Å². The summed E-state index contributed by atoms with van der Waals surface area (Å²) < 4.78 is 0. The highest BCUT2D eigenvalue weighted by molar-refractivity contribution is 5.95. The van der Waals surface area contributed by atoms with Crippen molar-refractivity contribution in [3.05, 3.63) is 65.2 Å². The maximum absolute atomic E-state index is 12.5. The first-order valence-corrected chi connectivity index (χ1v) is 8.43. The average molecular weight is 307 g/mol. The Morgan fingerprint density at radius 2 is 1.74 bits per heavy atom. The van der Waals surface area contributed by atoms with E-state index in [9.17, 15) is 4.79 Å². The quantitative estimate of drug-likeness (QED) is 0.817. The molecule has 120 valence electrons. The van der Waals surface area contributed by atoms with Crippen molar-refractivity contribution in [3.63, 3.8) is 0 Å². The molecule has 0 radical (unpaired) electrons. The van der Waals surface area contributed by atoms with Crippen LogP contribution in [0.5, 0.6) is 0 Å². The Morgan fingerprint density at radius 3 is 2.43 bits per heavy atom. The van der Waals surface area contributed by atoms with E-state index in [1.165, 1.54) is 16.7 Å². The predicted octanol–water partition coefficient (Wildman–Crippen LogP) is 4.51. The second kappa shape index (κ2) is 6.19. The molecule has 1 amide bonds. The monoisotopic (exact) mass is 307 g/mol. The smallest absolute Gasteiger partial charge is 0.227 e. The number of aryl methyl sites for hydroxylation is 1. The summed E-state index contributed by atoms with van der Waals surface area (Å²) in [5.41, 5.74) is 5.13. The van der Waals surface area contributed by atoms with Crippen LogP contribution in [-0.4, -0.2) is 12.5 Å². The summed E-state index contributed by atoms with van der Waals surface area (Å²) in [6.07, 6.45) is 2.35. The molecule has 3 rings (SSSR count). The van der Waals surface area contributed by atoms with Crippen LogP contribution in [0.25, 0.3) is 0 Å². The lowest BCUT2D eigenvalue weighted by molar-refractivity contribution is -0.118. The molecule has 0 saturated heterocycles. The van der Waals surface area contributed by atoms with E-state index in [1.54, 1.807) is 0 Å². The zero-order chi connectivity index (χ0) is 16.4. The molecule has 0 fully saturated rings. The van der Waals surface area contributed by atoms with Gasteiger partial charge in [0, 0.05) is 18.7 Å². The number of fused-ring (bicyclic) bond motifs is 1. The van der Waals surface area contributed by atoms with Gasteiger partial charge in [0.25, 0.3) is 0 Å². The van der Waals surface area contributed by atoms with Crippen molar-refractivity contribution in [2.45, 2.75) is 45.4 Å². The van der Waals surface area contributed by atoms with Crippen LogP contribution < -0.4 is 4.90 Å². The Morgan fingerprint density at radius 1 is 1.04 bits per heavy atom. The van der Waals surface area contributed by atoms with E-state index in [2.05, 4.69) is 57.2 Å². The summed E-state index contributed by atoms with van der Waals surface area (Å²) in [6, 6.07) is 16.9. The van der Waals surface area contributed by atoms with Gasteiger partial charge in [-0.05, 0) is 41.0 Å². The minimum Gasteiger partial charge on any atom is -0.312 e. The van der Waals surface area contributed by atoms with Gasteiger partial charge in [-0.3, -0.25) is 4.79 Å². The number of rotatable bonds is 3. The van der Waals surface area contributed by atoms with E-state index >= 15 is 0 Å². The molecule has 0 bridgehead atoms. The normalized spacial score (nSPS) is 14.0. The number of benzene rings is 2. The molecule has 1 aliphatic rings. The Hall–Kier alpha value is -2.09. The third kappa shape index (κ3) is 3.47. The number of hydrogen-bond donors (Lipinski definition) is 0. The van der Waals surface area contributed by atoms with Crippen LogP contribution in [0.3, 0.4) is 0 Å². The maximum atomic E-state index is 12.5. The van der Waals surface area contributed by atoms with Crippen molar-refractivity contribution in [2.75, 3.05) is 11.4 Å².